The molecular weight excluding hydrogens is 374 g/mol. The molecule has 0 radical (unpaired) electrons. The average molecular weight is 394 g/mol. The van der Waals surface area contributed by atoms with Gasteiger partial charge >= 0.3 is 5.97 Å². The molecule has 1 unspecified atom stereocenters. The Morgan fingerprint density at radius 2 is 1.91 bits per heavy atom. The smallest absolute Gasteiger partial charge is 0.306 e. The summed E-state index contributed by atoms with van der Waals surface area (Å²) in [7, 11) is 0. The van der Waals surface area contributed by atoms with Crippen LogP contribution in [0, 0.1) is 12.8 Å². The third-order valence-corrected chi connectivity index (χ3v) is 6.18. The summed E-state index contributed by atoms with van der Waals surface area (Å²) in [5, 5.41) is 11.4. The van der Waals surface area contributed by atoms with Crippen molar-refractivity contribution in [2.45, 2.75) is 25.8 Å². The lowest BCUT2D eigenvalue weighted by Crippen LogP contribution is -2.39. The molecule has 1 aliphatic heterocycles. The zero-order chi connectivity index (χ0) is 16.4. The zero-order valence-corrected chi connectivity index (χ0v) is 15.4. The van der Waals surface area contributed by atoms with Gasteiger partial charge in [0, 0.05) is 9.35 Å². The molecule has 3 rings (SSSR count). The van der Waals surface area contributed by atoms with Crippen LogP contribution in [0.3, 0.4) is 0 Å². The molecule has 1 saturated heterocycles. The fourth-order valence-electron chi connectivity index (χ4n) is 3.24. The van der Waals surface area contributed by atoms with Gasteiger partial charge in [-0.2, -0.15) is 0 Å². The van der Waals surface area contributed by atoms with Gasteiger partial charge in [-0.25, -0.2) is 0 Å². The lowest BCUT2D eigenvalue weighted by atomic mass is 9.93. The number of benzene rings is 1. The van der Waals surface area contributed by atoms with Gasteiger partial charge in [-0.05, 0) is 67.6 Å². The van der Waals surface area contributed by atoms with Gasteiger partial charge in [-0.3, -0.25) is 9.69 Å². The molecule has 0 bridgehead atoms. The van der Waals surface area contributed by atoms with E-state index >= 15 is 0 Å². The predicted octanol–water partition coefficient (Wildman–Crippen LogP) is 4.71. The maximum Gasteiger partial charge on any atom is 0.306 e. The first-order chi connectivity index (χ1) is 11.1. The van der Waals surface area contributed by atoms with Gasteiger partial charge in [0.05, 0.1) is 12.0 Å². The Bertz CT molecular complexity index is 675. The maximum absolute atomic E-state index is 11.2. The van der Waals surface area contributed by atoms with Gasteiger partial charge < -0.3 is 5.11 Å². The number of thiophene rings is 1. The summed E-state index contributed by atoms with van der Waals surface area (Å²) in [6.45, 7) is 3.81. The molecule has 0 spiro atoms. The number of carboxylic acid groups (broad SMARTS) is 1. The van der Waals surface area contributed by atoms with E-state index in [0.717, 1.165) is 30.4 Å². The van der Waals surface area contributed by atoms with Crippen molar-refractivity contribution >= 4 is 33.2 Å². The van der Waals surface area contributed by atoms with Crippen molar-refractivity contribution < 1.29 is 9.90 Å². The fourth-order valence-corrected chi connectivity index (χ4v) is 4.59. The first-order valence-electron chi connectivity index (χ1n) is 7.82. The largest absolute Gasteiger partial charge is 0.481 e. The van der Waals surface area contributed by atoms with E-state index in [4.69, 9.17) is 0 Å². The van der Waals surface area contributed by atoms with Crippen molar-refractivity contribution in [1.82, 2.24) is 4.90 Å². The average Bonchev–Trinajstić information content (AvgIpc) is 2.96. The molecule has 0 aliphatic carbocycles. The summed E-state index contributed by atoms with van der Waals surface area (Å²) in [5.41, 5.74) is 2.58. The van der Waals surface area contributed by atoms with E-state index in [1.165, 1.54) is 16.0 Å². The van der Waals surface area contributed by atoms with Crippen molar-refractivity contribution in [2.75, 3.05) is 13.1 Å². The summed E-state index contributed by atoms with van der Waals surface area (Å²) in [6.07, 6.45) is 1.46. The Hall–Kier alpha value is -1.17. The highest BCUT2D eigenvalue weighted by molar-refractivity contribution is 9.10. The highest BCUT2D eigenvalue weighted by atomic mass is 79.9. The van der Waals surface area contributed by atoms with Gasteiger partial charge in [0.15, 0.2) is 0 Å². The van der Waals surface area contributed by atoms with Crippen LogP contribution in [0.2, 0.25) is 0 Å². The molecular formula is C18H20BrNO2S. The van der Waals surface area contributed by atoms with Crippen LogP contribution in [0.4, 0.5) is 0 Å². The van der Waals surface area contributed by atoms with Crippen LogP contribution in [0.1, 0.15) is 34.9 Å². The standard InChI is InChI=1S/C18H20BrNO2S/c1-12-8-11-23-17(12)16(13-2-4-15(19)5-3-13)20-9-6-14(7-10-20)18(21)22/h2-5,8,11,14,16H,6-7,9-10H2,1H3,(H,21,22). The van der Waals surface area contributed by atoms with E-state index < -0.39 is 5.97 Å². The minimum atomic E-state index is -0.655. The summed E-state index contributed by atoms with van der Waals surface area (Å²) < 4.78 is 1.08. The molecule has 1 fully saturated rings. The van der Waals surface area contributed by atoms with Gasteiger partial charge in [-0.15, -0.1) is 11.3 Å². The normalized spacial score (nSPS) is 18.0. The second-order valence-electron chi connectivity index (χ2n) is 6.07. The van der Waals surface area contributed by atoms with Crippen molar-refractivity contribution in [3.63, 3.8) is 0 Å². The molecule has 122 valence electrons. The highest BCUT2D eigenvalue weighted by Gasteiger charge is 2.31. The maximum atomic E-state index is 11.2. The van der Waals surface area contributed by atoms with E-state index in [1.807, 2.05) is 0 Å². The number of rotatable bonds is 4. The number of hydrogen-bond donors (Lipinski definition) is 1. The van der Waals surface area contributed by atoms with E-state index in [0.29, 0.717) is 0 Å². The number of piperidine rings is 1. The van der Waals surface area contributed by atoms with Gasteiger partial charge in [-0.1, -0.05) is 28.1 Å². The number of carbonyl (C=O) groups is 1. The number of nitrogens with zero attached hydrogens (tertiary/aromatic N) is 1. The lowest BCUT2D eigenvalue weighted by Gasteiger charge is -2.36. The van der Waals surface area contributed by atoms with Crippen LogP contribution in [-0.2, 0) is 4.79 Å². The third kappa shape index (κ3) is 3.67. The first-order valence-corrected chi connectivity index (χ1v) is 9.50. The van der Waals surface area contributed by atoms with Crippen LogP contribution in [0.5, 0.6) is 0 Å². The van der Waals surface area contributed by atoms with Crippen molar-refractivity contribution in [2.24, 2.45) is 5.92 Å². The van der Waals surface area contributed by atoms with Crippen LogP contribution in [0.25, 0.3) is 0 Å². The van der Waals surface area contributed by atoms with Crippen LogP contribution < -0.4 is 0 Å². The molecule has 0 saturated carbocycles. The Kier molecular flexibility index (Phi) is 5.19. The molecule has 0 amide bonds. The molecule has 1 aromatic carbocycles. The highest BCUT2D eigenvalue weighted by Crippen LogP contribution is 2.37. The van der Waals surface area contributed by atoms with Crippen LogP contribution in [0.15, 0.2) is 40.2 Å². The molecule has 23 heavy (non-hydrogen) atoms. The molecule has 1 atom stereocenters. The van der Waals surface area contributed by atoms with Crippen molar-refractivity contribution in [1.29, 1.82) is 0 Å². The monoisotopic (exact) mass is 393 g/mol. The Morgan fingerprint density at radius 3 is 2.43 bits per heavy atom. The number of likely N-dealkylation sites (tertiary alicyclic amines) is 1. The molecule has 1 N–H and O–H groups in total. The minimum absolute atomic E-state index is 0.193. The fraction of sp³-hybridized carbons (Fsp3) is 0.389. The molecule has 3 nitrogen and oxygen atoms in total. The molecule has 1 aliphatic rings. The van der Waals surface area contributed by atoms with Gasteiger partial charge in [0.2, 0.25) is 0 Å². The van der Waals surface area contributed by atoms with Crippen molar-refractivity contribution in [3.8, 4) is 0 Å². The molecule has 5 heteroatoms. The van der Waals surface area contributed by atoms with E-state index in [1.54, 1.807) is 11.3 Å². The zero-order valence-electron chi connectivity index (χ0n) is 13.0. The lowest BCUT2D eigenvalue weighted by molar-refractivity contribution is -0.143. The minimum Gasteiger partial charge on any atom is -0.481 e. The second kappa shape index (κ2) is 7.16. The number of carboxylic acids is 1. The van der Waals surface area contributed by atoms with E-state index in [2.05, 4.69) is 63.5 Å². The van der Waals surface area contributed by atoms with Gasteiger partial charge in [0.1, 0.15) is 0 Å². The Labute approximate surface area is 149 Å². The summed E-state index contributed by atoms with van der Waals surface area (Å²) >= 11 is 5.29. The van der Waals surface area contributed by atoms with Crippen molar-refractivity contribution in [3.05, 3.63) is 56.2 Å². The molecule has 1 aromatic heterocycles. The van der Waals surface area contributed by atoms with Crippen LogP contribution >= 0.6 is 27.3 Å². The second-order valence-corrected chi connectivity index (χ2v) is 7.93. The van der Waals surface area contributed by atoms with E-state index in [9.17, 15) is 9.90 Å². The number of hydrogen-bond acceptors (Lipinski definition) is 3. The Balaban J connectivity index is 1.89. The number of halogens is 1. The predicted molar refractivity (Wildman–Crippen MR) is 97.0 cm³/mol. The molecule has 2 heterocycles. The number of aryl methyl sites for hydroxylation is 1. The van der Waals surface area contributed by atoms with Crippen LogP contribution in [-0.4, -0.2) is 29.1 Å². The van der Waals surface area contributed by atoms with E-state index in [-0.39, 0.29) is 12.0 Å². The summed E-state index contributed by atoms with van der Waals surface area (Å²) in [4.78, 5) is 15.0. The SMILES string of the molecule is Cc1ccsc1C(c1ccc(Br)cc1)N1CCC(C(=O)O)CC1. The quantitative estimate of drug-likeness (QED) is 0.817. The summed E-state index contributed by atoms with van der Waals surface area (Å²) in [6, 6.07) is 10.9. The number of aliphatic carboxylic acids is 1. The summed E-state index contributed by atoms with van der Waals surface area (Å²) in [5.74, 6) is -0.849. The van der Waals surface area contributed by atoms with Gasteiger partial charge in [0.25, 0.3) is 0 Å². The first kappa shape index (κ1) is 16.7. The Morgan fingerprint density at radius 1 is 1.26 bits per heavy atom. The molecule has 2 aromatic rings. The topological polar surface area (TPSA) is 40.5 Å². The third-order valence-electron chi connectivity index (χ3n) is 4.58.